The minimum Gasteiger partial charge on any atom is -0.390 e. The van der Waals surface area contributed by atoms with Crippen molar-refractivity contribution in [2.45, 2.75) is 111 Å². The van der Waals surface area contributed by atoms with Crippen LogP contribution in [0.1, 0.15) is 92.4 Å². The van der Waals surface area contributed by atoms with Crippen LogP contribution < -0.4 is 0 Å². The van der Waals surface area contributed by atoms with Gasteiger partial charge in [0.05, 0.1) is 18.3 Å². The Morgan fingerprint density at radius 1 is 0.900 bits per heavy atom. The highest BCUT2D eigenvalue weighted by Gasteiger charge is 2.61. The van der Waals surface area contributed by atoms with Crippen LogP contribution in [0.2, 0.25) is 0 Å². The zero-order chi connectivity index (χ0) is 21.8. The highest BCUT2D eigenvalue weighted by molar-refractivity contribution is 5.30. The summed E-state index contributed by atoms with van der Waals surface area (Å²) in [6.07, 6.45) is 10.6. The van der Waals surface area contributed by atoms with Crippen molar-refractivity contribution in [1.82, 2.24) is 0 Å². The first-order valence-corrected chi connectivity index (χ1v) is 12.9. The Morgan fingerprint density at radius 2 is 1.57 bits per heavy atom. The standard InChI is InChI=1S/C27H46O3/c1-16(2)7-6-8-17(3)19-9-10-20-18-15-23(29)24-25(30)22(28)12-14-27(24,5)21(18)11-13-26(19,20)4/h15-17,19-25,28-30H,6-14H2,1-5H3. The van der Waals surface area contributed by atoms with Crippen molar-refractivity contribution in [2.24, 2.45) is 46.3 Å². The first-order chi connectivity index (χ1) is 14.1. The zero-order valence-electron chi connectivity index (χ0n) is 20.0. The minimum absolute atomic E-state index is 0.0928. The molecule has 0 aromatic carbocycles. The molecule has 0 bridgehead atoms. The van der Waals surface area contributed by atoms with Gasteiger partial charge in [0.15, 0.2) is 0 Å². The number of hydrogen-bond acceptors (Lipinski definition) is 3. The number of fused-ring (bicyclic) bond motifs is 5. The van der Waals surface area contributed by atoms with E-state index in [0.717, 1.165) is 24.2 Å². The molecule has 3 N–H and O–H groups in total. The molecule has 3 saturated carbocycles. The summed E-state index contributed by atoms with van der Waals surface area (Å²) in [5.74, 6) is 3.18. The van der Waals surface area contributed by atoms with E-state index in [2.05, 4.69) is 40.7 Å². The number of hydrogen-bond donors (Lipinski definition) is 3. The molecule has 10 atom stereocenters. The van der Waals surface area contributed by atoms with Gasteiger partial charge in [-0.05, 0) is 78.9 Å². The Labute approximate surface area is 184 Å². The molecule has 3 heteroatoms. The predicted molar refractivity (Wildman–Crippen MR) is 122 cm³/mol. The van der Waals surface area contributed by atoms with Crippen LogP contribution in [0.15, 0.2) is 11.6 Å². The molecule has 0 amide bonds. The Balaban J connectivity index is 1.56. The van der Waals surface area contributed by atoms with Gasteiger partial charge in [0.25, 0.3) is 0 Å². The van der Waals surface area contributed by atoms with E-state index in [0.29, 0.717) is 23.7 Å². The summed E-state index contributed by atoms with van der Waals surface area (Å²) >= 11 is 0. The van der Waals surface area contributed by atoms with E-state index in [4.69, 9.17) is 0 Å². The van der Waals surface area contributed by atoms with Gasteiger partial charge in [0.1, 0.15) is 0 Å². The number of aliphatic hydroxyl groups excluding tert-OH is 3. The van der Waals surface area contributed by atoms with Crippen LogP contribution in [0, 0.1) is 46.3 Å². The lowest BCUT2D eigenvalue weighted by Gasteiger charge is -2.59. The Morgan fingerprint density at radius 3 is 2.27 bits per heavy atom. The van der Waals surface area contributed by atoms with Crippen molar-refractivity contribution in [2.75, 3.05) is 0 Å². The van der Waals surface area contributed by atoms with Gasteiger partial charge in [-0.25, -0.2) is 0 Å². The van der Waals surface area contributed by atoms with Crippen molar-refractivity contribution in [1.29, 1.82) is 0 Å². The molecule has 4 rings (SSSR count). The van der Waals surface area contributed by atoms with Crippen molar-refractivity contribution in [3.05, 3.63) is 11.6 Å². The van der Waals surface area contributed by atoms with Gasteiger partial charge < -0.3 is 15.3 Å². The van der Waals surface area contributed by atoms with E-state index < -0.39 is 18.3 Å². The largest absolute Gasteiger partial charge is 0.390 e. The van der Waals surface area contributed by atoms with Crippen LogP contribution in [0.3, 0.4) is 0 Å². The Kier molecular flexibility index (Phi) is 6.23. The van der Waals surface area contributed by atoms with Gasteiger partial charge in [-0.1, -0.05) is 65.5 Å². The van der Waals surface area contributed by atoms with Crippen LogP contribution in [0.25, 0.3) is 0 Å². The molecule has 0 aliphatic heterocycles. The second-order valence-electron chi connectivity index (χ2n) is 12.4. The van der Waals surface area contributed by atoms with E-state index in [1.165, 1.54) is 50.5 Å². The summed E-state index contributed by atoms with van der Waals surface area (Å²) in [4.78, 5) is 0. The Bertz CT molecular complexity index is 656. The van der Waals surface area contributed by atoms with Gasteiger partial charge in [0, 0.05) is 5.92 Å². The van der Waals surface area contributed by atoms with E-state index in [1.807, 2.05) is 0 Å². The summed E-state index contributed by atoms with van der Waals surface area (Å²) in [6, 6.07) is 0. The van der Waals surface area contributed by atoms with Crippen molar-refractivity contribution in [3.8, 4) is 0 Å². The maximum absolute atomic E-state index is 11.1. The molecule has 0 saturated heterocycles. The summed E-state index contributed by atoms with van der Waals surface area (Å²) in [5.41, 5.74) is 1.77. The van der Waals surface area contributed by atoms with Gasteiger partial charge >= 0.3 is 0 Å². The van der Waals surface area contributed by atoms with Crippen molar-refractivity contribution < 1.29 is 15.3 Å². The van der Waals surface area contributed by atoms with Crippen LogP contribution in [0.4, 0.5) is 0 Å². The third-order valence-corrected chi connectivity index (χ3v) is 10.3. The molecule has 3 nitrogen and oxygen atoms in total. The van der Waals surface area contributed by atoms with Gasteiger partial charge in [-0.2, -0.15) is 0 Å². The summed E-state index contributed by atoms with van der Waals surface area (Å²) in [5, 5.41) is 32.1. The predicted octanol–water partition coefficient (Wildman–Crippen LogP) is 5.33. The van der Waals surface area contributed by atoms with Crippen LogP contribution in [0.5, 0.6) is 0 Å². The van der Waals surface area contributed by atoms with Gasteiger partial charge in [0.2, 0.25) is 0 Å². The van der Waals surface area contributed by atoms with Crippen LogP contribution >= 0.6 is 0 Å². The molecule has 10 unspecified atom stereocenters. The smallest absolute Gasteiger partial charge is 0.0860 e. The SMILES string of the molecule is CC(C)CCCC(C)C1CCC2C3=CC(O)C4C(O)C(O)CCC4(C)C3CCC21C. The summed E-state index contributed by atoms with van der Waals surface area (Å²) in [6.45, 7) is 12.0. The molecule has 0 aromatic rings. The summed E-state index contributed by atoms with van der Waals surface area (Å²) < 4.78 is 0. The highest BCUT2D eigenvalue weighted by atomic mass is 16.3. The average molecular weight is 419 g/mol. The molecule has 172 valence electrons. The number of aliphatic hydroxyl groups is 3. The average Bonchev–Trinajstić information content (AvgIpc) is 3.02. The third kappa shape index (κ3) is 3.52. The third-order valence-electron chi connectivity index (χ3n) is 10.3. The first-order valence-electron chi connectivity index (χ1n) is 12.9. The van der Waals surface area contributed by atoms with E-state index in [1.54, 1.807) is 0 Å². The molecule has 30 heavy (non-hydrogen) atoms. The van der Waals surface area contributed by atoms with Crippen LogP contribution in [-0.2, 0) is 0 Å². The fraction of sp³-hybridized carbons (Fsp3) is 0.926. The molecule has 0 heterocycles. The molecular formula is C27H46O3. The lowest BCUT2D eigenvalue weighted by molar-refractivity contribution is -0.155. The molecule has 4 aliphatic carbocycles. The van der Waals surface area contributed by atoms with Crippen molar-refractivity contribution >= 4 is 0 Å². The van der Waals surface area contributed by atoms with E-state index in [-0.39, 0.29) is 11.3 Å². The summed E-state index contributed by atoms with van der Waals surface area (Å²) in [7, 11) is 0. The van der Waals surface area contributed by atoms with Gasteiger partial charge in [-0.3, -0.25) is 0 Å². The quantitative estimate of drug-likeness (QED) is 0.529. The second-order valence-corrected chi connectivity index (χ2v) is 12.4. The number of rotatable bonds is 5. The molecule has 4 aliphatic rings. The van der Waals surface area contributed by atoms with E-state index >= 15 is 0 Å². The van der Waals surface area contributed by atoms with Crippen molar-refractivity contribution in [3.63, 3.8) is 0 Å². The highest BCUT2D eigenvalue weighted by Crippen LogP contribution is 2.67. The molecule has 0 radical (unpaired) electrons. The molecule has 3 fully saturated rings. The fourth-order valence-corrected chi connectivity index (χ4v) is 8.69. The fourth-order valence-electron chi connectivity index (χ4n) is 8.69. The maximum atomic E-state index is 11.1. The maximum Gasteiger partial charge on any atom is 0.0860 e. The lowest BCUT2D eigenvalue weighted by Crippen LogP contribution is -2.59. The lowest BCUT2D eigenvalue weighted by atomic mass is 9.46. The zero-order valence-corrected chi connectivity index (χ0v) is 20.0. The Hall–Kier alpha value is -0.380. The molecule has 0 aromatic heterocycles. The van der Waals surface area contributed by atoms with E-state index in [9.17, 15) is 15.3 Å². The second kappa shape index (κ2) is 8.19. The van der Waals surface area contributed by atoms with Crippen LogP contribution in [-0.4, -0.2) is 33.6 Å². The number of allylic oxidation sites excluding steroid dienone is 1. The normalized spacial score (nSPS) is 49.2. The first kappa shape index (κ1) is 22.8. The van der Waals surface area contributed by atoms with Gasteiger partial charge in [-0.15, -0.1) is 0 Å². The molecule has 0 spiro atoms. The topological polar surface area (TPSA) is 60.7 Å². The monoisotopic (exact) mass is 418 g/mol. The minimum atomic E-state index is -0.804. The molecular weight excluding hydrogens is 372 g/mol.